The minimum Gasteiger partial charge on any atom is -0.497 e. The molecule has 0 fully saturated rings. The summed E-state index contributed by atoms with van der Waals surface area (Å²) >= 11 is 0. The lowest BCUT2D eigenvalue weighted by molar-refractivity contribution is 0.414. The molecule has 0 aromatic heterocycles. The van der Waals surface area contributed by atoms with Gasteiger partial charge in [0.15, 0.2) is 0 Å². The van der Waals surface area contributed by atoms with Crippen molar-refractivity contribution in [3.63, 3.8) is 0 Å². The molecule has 0 aliphatic heterocycles. The highest BCUT2D eigenvalue weighted by Gasteiger charge is 2.13. The second kappa shape index (κ2) is 5.85. The number of fused-ring (bicyclic) bond motifs is 1. The number of aryl methyl sites for hydroxylation is 2. The fourth-order valence-electron chi connectivity index (χ4n) is 2.93. The van der Waals surface area contributed by atoms with Gasteiger partial charge in [-0.25, -0.2) is 0 Å². The number of rotatable bonds is 3. The summed E-state index contributed by atoms with van der Waals surface area (Å²) in [7, 11) is 1.65. The van der Waals surface area contributed by atoms with Gasteiger partial charge in [-0.05, 0) is 59.2 Å². The number of methoxy groups -OCH3 is 1. The van der Waals surface area contributed by atoms with Gasteiger partial charge in [0.2, 0.25) is 0 Å². The van der Waals surface area contributed by atoms with Crippen LogP contribution in [0.4, 0.5) is 0 Å². The minimum atomic E-state index is 0.803. The molecular weight excluding hydrogens is 258 g/mol. The van der Waals surface area contributed by atoms with Crippen LogP contribution in [0.25, 0.3) is 5.57 Å². The third-order valence-electron chi connectivity index (χ3n) is 4.00. The maximum atomic E-state index is 9.12. The fraction of sp³-hybridized carbons (Fsp3) is 0.211. The van der Waals surface area contributed by atoms with Gasteiger partial charge in [0.25, 0.3) is 0 Å². The van der Waals surface area contributed by atoms with Crippen LogP contribution in [-0.2, 0) is 12.8 Å². The lowest BCUT2D eigenvalue weighted by atomic mass is 9.95. The number of hydrogen-bond acceptors (Lipinski definition) is 2. The molecule has 2 aromatic carbocycles. The van der Waals surface area contributed by atoms with Crippen LogP contribution in [0.1, 0.15) is 28.7 Å². The first kappa shape index (κ1) is 13.5. The molecule has 0 radical (unpaired) electrons. The third-order valence-corrected chi connectivity index (χ3v) is 4.00. The number of benzene rings is 2. The van der Waals surface area contributed by atoms with Crippen LogP contribution in [-0.4, -0.2) is 7.11 Å². The highest BCUT2D eigenvalue weighted by atomic mass is 16.5. The van der Waals surface area contributed by atoms with Crippen LogP contribution in [0, 0.1) is 11.3 Å². The average Bonchev–Trinajstić information content (AvgIpc) is 3.00. The molecule has 1 aliphatic rings. The molecule has 0 unspecified atom stereocenters. The molecule has 2 heteroatoms. The van der Waals surface area contributed by atoms with E-state index in [9.17, 15) is 0 Å². The zero-order valence-corrected chi connectivity index (χ0v) is 12.1. The van der Waals surface area contributed by atoms with E-state index in [1.54, 1.807) is 13.2 Å². The zero-order chi connectivity index (χ0) is 14.7. The summed E-state index contributed by atoms with van der Waals surface area (Å²) in [5.74, 6) is 0.803. The van der Waals surface area contributed by atoms with E-state index in [2.05, 4.69) is 24.3 Å². The Labute approximate surface area is 125 Å². The lowest BCUT2D eigenvalue weighted by Gasteiger charge is -2.10. The summed E-state index contributed by atoms with van der Waals surface area (Å²) in [6.45, 7) is 0. The second-order valence-electron chi connectivity index (χ2n) is 5.26. The Kier molecular flexibility index (Phi) is 3.75. The van der Waals surface area contributed by atoms with E-state index in [-0.39, 0.29) is 0 Å². The number of ether oxygens (including phenoxy) is 1. The Morgan fingerprint density at radius 2 is 1.90 bits per heavy atom. The summed E-state index contributed by atoms with van der Waals surface area (Å²) in [5, 5.41) is 9.12. The molecule has 104 valence electrons. The Morgan fingerprint density at radius 1 is 1.10 bits per heavy atom. The Morgan fingerprint density at radius 3 is 2.71 bits per heavy atom. The predicted molar refractivity (Wildman–Crippen MR) is 84.2 cm³/mol. The topological polar surface area (TPSA) is 33.0 Å². The lowest BCUT2D eigenvalue weighted by Crippen LogP contribution is -1.92. The van der Waals surface area contributed by atoms with E-state index in [4.69, 9.17) is 10.00 Å². The quantitative estimate of drug-likeness (QED) is 0.789. The molecule has 0 bridgehead atoms. The van der Waals surface area contributed by atoms with Crippen molar-refractivity contribution < 1.29 is 4.74 Å². The Balaban J connectivity index is 2.06. The van der Waals surface area contributed by atoms with E-state index in [1.807, 2.05) is 24.3 Å². The molecule has 0 saturated heterocycles. The number of nitriles is 1. The van der Waals surface area contributed by atoms with Crippen molar-refractivity contribution >= 4 is 5.57 Å². The van der Waals surface area contributed by atoms with Gasteiger partial charge >= 0.3 is 0 Å². The smallest absolute Gasteiger partial charge is 0.119 e. The second-order valence-corrected chi connectivity index (χ2v) is 5.26. The predicted octanol–water partition coefficient (Wildman–Crippen LogP) is 4.14. The molecule has 3 rings (SSSR count). The van der Waals surface area contributed by atoms with E-state index in [1.165, 1.54) is 24.0 Å². The third kappa shape index (κ3) is 2.68. The van der Waals surface area contributed by atoms with Crippen LogP contribution in [0.2, 0.25) is 0 Å². The van der Waals surface area contributed by atoms with Crippen LogP contribution < -0.4 is 4.74 Å². The zero-order valence-electron chi connectivity index (χ0n) is 12.1. The molecule has 0 N–H and O–H groups in total. The summed E-state index contributed by atoms with van der Waals surface area (Å²) < 4.78 is 5.28. The molecule has 2 aromatic rings. The van der Waals surface area contributed by atoms with E-state index in [0.29, 0.717) is 0 Å². The number of nitrogens with zero attached hydrogens (tertiary/aromatic N) is 1. The molecular formula is C19H17NO. The van der Waals surface area contributed by atoms with Crippen LogP contribution >= 0.6 is 0 Å². The van der Waals surface area contributed by atoms with Gasteiger partial charge in [-0.1, -0.05) is 30.3 Å². The van der Waals surface area contributed by atoms with Crippen molar-refractivity contribution in [1.29, 1.82) is 5.26 Å². The van der Waals surface area contributed by atoms with Gasteiger partial charge < -0.3 is 4.74 Å². The highest BCUT2D eigenvalue weighted by molar-refractivity contribution is 5.82. The van der Waals surface area contributed by atoms with E-state index >= 15 is 0 Å². The van der Waals surface area contributed by atoms with E-state index < -0.39 is 0 Å². The fourth-order valence-corrected chi connectivity index (χ4v) is 2.93. The molecule has 2 nitrogen and oxygen atoms in total. The van der Waals surface area contributed by atoms with Crippen molar-refractivity contribution in [2.24, 2.45) is 0 Å². The summed E-state index contributed by atoms with van der Waals surface area (Å²) in [4.78, 5) is 0. The van der Waals surface area contributed by atoms with Crippen molar-refractivity contribution in [1.82, 2.24) is 0 Å². The van der Waals surface area contributed by atoms with Crippen molar-refractivity contribution in [3.05, 3.63) is 70.8 Å². The molecule has 0 saturated carbocycles. The van der Waals surface area contributed by atoms with Gasteiger partial charge in [-0.15, -0.1) is 0 Å². The van der Waals surface area contributed by atoms with Crippen molar-refractivity contribution in [2.75, 3.05) is 7.11 Å². The molecule has 0 heterocycles. The van der Waals surface area contributed by atoms with Gasteiger partial charge in [-0.2, -0.15) is 5.26 Å². The summed E-state index contributed by atoms with van der Waals surface area (Å²) in [6.07, 6.45) is 5.16. The SMILES string of the molecule is COc1cccc(C(=CC#N)c2ccc3c(c2)CCC3)c1. The average molecular weight is 275 g/mol. The Bertz CT molecular complexity index is 737. The van der Waals surface area contributed by atoms with Crippen LogP contribution in [0.5, 0.6) is 5.75 Å². The molecule has 0 spiro atoms. The maximum Gasteiger partial charge on any atom is 0.119 e. The Hall–Kier alpha value is -2.53. The minimum absolute atomic E-state index is 0.803. The van der Waals surface area contributed by atoms with Gasteiger partial charge in [0, 0.05) is 6.08 Å². The standard InChI is InChI=1S/C19H17NO/c1-21-18-7-3-6-16(13-18)19(10-11-20)17-9-8-14-4-2-5-15(14)12-17/h3,6-10,12-13H,2,4-5H2,1H3. The number of allylic oxidation sites excluding steroid dienone is 1. The van der Waals surface area contributed by atoms with Gasteiger partial charge in [0.05, 0.1) is 13.2 Å². The molecule has 0 amide bonds. The first-order chi connectivity index (χ1) is 10.3. The van der Waals surface area contributed by atoms with Crippen molar-refractivity contribution in [2.45, 2.75) is 19.3 Å². The first-order valence-electron chi connectivity index (χ1n) is 7.18. The largest absolute Gasteiger partial charge is 0.497 e. The van der Waals surface area contributed by atoms with Gasteiger partial charge in [-0.3, -0.25) is 0 Å². The molecule has 0 atom stereocenters. The van der Waals surface area contributed by atoms with Crippen LogP contribution in [0.15, 0.2) is 48.5 Å². The summed E-state index contributed by atoms with van der Waals surface area (Å²) in [5.41, 5.74) is 5.92. The molecule has 21 heavy (non-hydrogen) atoms. The first-order valence-corrected chi connectivity index (χ1v) is 7.18. The van der Waals surface area contributed by atoms with Gasteiger partial charge in [0.1, 0.15) is 5.75 Å². The van der Waals surface area contributed by atoms with Crippen LogP contribution in [0.3, 0.4) is 0 Å². The van der Waals surface area contributed by atoms with Crippen molar-refractivity contribution in [3.8, 4) is 11.8 Å². The monoisotopic (exact) mass is 275 g/mol. The maximum absolute atomic E-state index is 9.12. The van der Waals surface area contributed by atoms with E-state index in [0.717, 1.165) is 28.9 Å². The number of hydrogen-bond donors (Lipinski definition) is 0. The summed E-state index contributed by atoms with van der Waals surface area (Å²) in [6, 6.07) is 16.6. The normalized spacial score (nSPS) is 13.6. The highest BCUT2D eigenvalue weighted by Crippen LogP contribution is 2.30. The molecule has 1 aliphatic carbocycles.